The topological polar surface area (TPSA) is 29.5 Å². The zero-order valence-corrected chi connectivity index (χ0v) is 13.2. The van der Waals surface area contributed by atoms with E-state index >= 15 is 0 Å². The van der Waals surface area contributed by atoms with Crippen molar-refractivity contribution in [3.8, 4) is 5.75 Å². The molecule has 0 spiro atoms. The molecule has 2 rings (SSSR count). The van der Waals surface area contributed by atoms with E-state index in [1.807, 2.05) is 38.1 Å². The summed E-state index contributed by atoms with van der Waals surface area (Å²) in [6.45, 7) is 8.62. The predicted octanol–water partition coefficient (Wildman–Crippen LogP) is 4.72. The molecule has 1 aromatic carbocycles. The Hall–Kier alpha value is -1.02. The predicted molar refractivity (Wildman–Crippen MR) is 82.9 cm³/mol. The van der Waals surface area contributed by atoms with E-state index in [9.17, 15) is 5.11 Å². The molecule has 1 aliphatic carbocycles. The van der Waals surface area contributed by atoms with Crippen LogP contribution in [-0.2, 0) is 0 Å². The molecule has 1 aromatic rings. The number of ether oxygens (including phenoxy) is 1. The highest BCUT2D eigenvalue weighted by molar-refractivity contribution is 5.29. The van der Waals surface area contributed by atoms with Gasteiger partial charge >= 0.3 is 0 Å². The highest BCUT2D eigenvalue weighted by Gasteiger charge is 2.37. The summed E-state index contributed by atoms with van der Waals surface area (Å²) in [5.41, 5.74) is 1.24. The Morgan fingerprint density at radius 1 is 1.15 bits per heavy atom. The van der Waals surface area contributed by atoms with Crippen LogP contribution in [0.1, 0.15) is 65.0 Å². The normalized spacial score (nSPS) is 23.6. The van der Waals surface area contributed by atoms with Crippen LogP contribution in [0.5, 0.6) is 5.75 Å². The summed E-state index contributed by atoms with van der Waals surface area (Å²) in [6.07, 6.45) is 4.68. The number of aliphatic hydroxyl groups is 1. The fourth-order valence-corrected chi connectivity index (χ4v) is 3.35. The lowest BCUT2D eigenvalue weighted by atomic mass is 9.65. The van der Waals surface area contributed by atoms with E-state index in [1.54, 1.807) is 0 Å². The number of hydrogen-bond acceptors (Lipinski definition) is 2. The summed E-state index contributed by atoms with van der Waals surface area (Å²) < 4.78 is 5.65. The molecule has 112 valence electrons. The molecule has 0 aliphatic heterocycles. The van der Waals surface area contributed by atoms with Gasteiger partial charge in [0.1, 0.15) is 5.75 Å². The van der Waals surface area contributed by atoms with Crippen LogP contribution in [0.2, 0.25) is 0 Å². The average Bonchev–Trinajstić information content (AvgIpc) is 2.37. The molecule has 1 N–H and O–H groups in total. The van der Waals surface area contributed by atoms with Gasteiger partial charge in [0.25, 0.3) is 0 Å². The number of benzene rings is 1. The van der Waals surface area contributed by atoms with Gasteiger partial charge in [-0.1, -0.05) is 38.8 Å². The van der Waals surface area contributed by atoms with Crippen LogP contribution in [0.4, 0.5) is 0 Å². The summed E-state index contributed by atoms with van der Waals surface area (Å²) >= 11 is 0. The van der Waals surface area contributed by atoms with Crippen LogP contribution in [-0.4, -0.2) is 11.2 Å². The number of rotatable bonds is 4. The molecule has 0 aromatic heterocycles. The smallest absolute Gasteiger partial charge is 0.119 e. The lowest BCUT2D eigenvalue weighted by Crippen LogP contribution is -2.32. The molecule has 0 radical (unpaired) electrons. The van der Waals surface area contributed by atoms with Gasteiger partial charge in [-0.3, -0.25) is 0 Å². The maximum atomic E-state index is 10.7. The third-order valence-electron chi connectivity index (χ3n) is 4.56. The van der Waals surface area contributed by atoms with E-state index in [0.717, 1.165) is 17.7 Å². The van der Waals surface area contributed by atoms with Gasteiger partial charge in [0.15, 0.2) is 0 Å². The van der Waals surface area contributed by atoms with Crippen molar-refractivity contribution in [1.29, 1.82) is 0 Å². The van der Waals surface area contributed by atoms with Gasteiger partial charge in [-0.25, -0.2) is 0 Å². The van der Waals surface area contributed by atoms with Crippen LogP contribution >= 0.6 is 0 Å². The molecular formula is C18H28O2. The Bertz CT molecular complexity index is 420. The standard InChI is InChI=1S/C18H28O2/c1-13(2)20-15-10-8-14(9-11-15)17(19)16-7-5-6-12-18(16,3)4/h8-11,13,16-17,19H,5-7,12H2,1-4H3. The van der Waals surface area contributed by atoms with E-state index in [4.69, 9.17) is 4.74 Å². The first-order valence-corrected chi connectivity index (χ1v) is 7.85. The molecule has 2 nitrogen and oxygen atoms in total. The first-order chi connectivity index (χ1) is 9.40. The molecule has 1 saturated carbocycles. The second kappa shape index (κ2) is 6.17. The fraction of sp³-hybridized carbons (Fsp3) is 0.667. The van der Waals surface area contributed by atoms with Gasteiger partial charge in [0.2, 0.25) is 0 Å². The van der Waals surface area contributed by atoms with Crippen LogP contribution in [0.15, 0.2) is 24.3 Å². The molecule has 0 saturated heterocycles. The summed E-state index contributed by atoms with van der Waals surface area (Å²) in [5, 5.41) is 10.7. The first-order valence-electron chi connectivity index (χ1n) is 7.85. The Morgan fingerprint density at radius 3 is 2.35 bits per heavy atom. The second-order valence-electron chi connectivity index (χ2n) is 7.02. The van der Waals surface area contributed by atoms with Gasteiger partial charge in [-0.2, -0.15) is 0 Å². The average molecular weight is 276 g/mol. The van der Waals surface area contributed by atoms with Crippen molar-refractivity contribution >= 4 is 0 Å². The van der Waals surface area contributed by atoms with Crippen LogP contribution in [0.25, 0.3) is 0 Å². The van der Waals surface area contributed by atoms with Crippen molar-refractivity contribution in [2.75, 3.05) is 0 Å². The van der Waals surface area contributed by atoms with Crippen molar-refractivity contribution in [2.45, 2.75) is 65.6 Å². The van der Waals surface area contributed by atoms with Crippen molar-refractivity contribution in [2.24, 2.45) is 11.3 Å². The molecule has 1 fully saturated rings. The molecular weight excluding hydrogens is 248 g/mol. The molecule has 0 heterocycles. The third kappa shape index (κ3) is 3.54. The largest absolute Gasteiger partial charge is 0.491 e. The van der Waals surface area contributed by atoms with Crippen LogP contribution in [0, 0.1) is 11.3 Å². The highest BCUT2D eigenvalue weighted by Crippen LogP contribution is 2.46. The number of hydrogen-bond donors (Lipinski definition) is 1. The van der Waals surface area contributed by atoms with Crippen molar-refractivity contribution < 1.29 is 9.84 Å². The Morgan fingerprint density at radius 2 is 1.80 bits per heavy atom. The second-order valence-corrected chi connectivity index (χ2v) is 7.02. The zero-order chi connectivity index (χ0) is 14.8. The summed E-state index contributed by atoms with van der Waals surface area (Å²) in [4.78, 5) is 0. The van der Waals surface area contributed by atoms with Gasteiger partial charge in [-0.05, 0) is 55.7 Å². The SMILES string of the molecule is CC(C)Oc1ccc(C(O)C2CCCCC2(C)C)cc1. The molecule has 20 heavy (non-hydrogen) atoms. The molecule has 2 heteroatoms. The summed E-state index contributed by atoms with van der Waals surface area (Å²) in [7, 11) is 0. The van der Waals surface area contributed by atoms with Crippen molar-refractivity contribution in [3.63, 3.8) is 0 Å². The summed E-state index contributed by atoms with van der Waals surface area (Å²) in [5.74, 6) is 1.23. The van der Waals surface area contributed by atoms with Gasteiger partial charge in [0.05, 0.1) is 12.2 Å². The van der Waals surface area contributed by atoms with E-state index in [1.165, 1.54) is 19.3 Å². The molecule has 1 aliphatic rings. The third-order valence-corrected chi connectivity index (χ3v) is 4.56. The number of aliphatic hydroxyl groups excluding tert-OH is 1. The van der Waals surface area contributed by atoms with E-state index in [-0.39, 0.29) is 17.6 Å². The lowest BCUT2D eigenvalue weighted by molar-refractivity contribution is 0.00383. The van der Waals surface area contributed by atoms with Crippen LogP contribution in [0.3, 0.4) is 0 Å². The van der Waals surface area contributed by atoms with Gasteiger partial charge in [0, 0.05) is 0 Å². The minimum absolute atomic E-state index is 0.183. The minimum atomic E-state index is -0.363. The first kappa shape index (κ1) is 15.4. The maximum absolute atomic E-state index is 10.7. The molecule has 0 bridgehead atoms. The van der Waals surface area contributed by atoms with Gasteiger partial charge in [-0.15, -0.1) is 0 Å². The Balaban J connectivity index is 2.10. The molecule has 0 amide bonds. The fourth-order valence-electron chi connectivity index (χ4n) is 3.35. The zero-order valence-electron chi connectivity index (χ0n) is 13.2. The van der Waals surface area contributed by atoms with Crippen LogP contribution < -0.4 is 4.74 Å². The maximum Gasteiger partial charge on any atom is 0.119 e. The highest BCUT2D eigenvalue weighted by atomic mass is 16.5. The van der Waals surface area contributed by atoms with E-state index in [2.05, 4.69) is 13.8 Å². The lowest BCUT2D eigenvalue weighted by Gasteiger charge is -2.41. The van der Waals surface area contributed by atoms with E-state index in [0.29, 0.717) is 5.92 Å². The van der Waals surface area contributed by atoms with E-state index < -0.39 is 0 Å². The van der Waals surface area contributed by atoms with Gasteiger partial charge < -0.3 is 9.84 Å². The Kier molecular flexibility index (Phi) is 4.74. The summed E-state index contributed by atoms with van der Waals surface area (Å²) in [6, 6.07) is 7.95. The van der Waals surface area contributed by atoms with Crippen molar-refractivity contribution in [1.82, 2.24) is 0 Å². The van der Waals surface area contributed by atoms with Crippen molar-refractivity contribution in [3.05, 3.63) is 29.8 Å². The molecule has 2 unspecified atom stereocenters. The molecule has 2 atom stereocenters. The Labute approximate surface area is 123 Å². The minimum Gasteiger partial charge on any atom is -0.491 e. The quantitative estimate of drug-likeness (QED) is 0.862. The monoisotopic (exact) mass is 276 g/mol.